The van der Waals surface area contributed by atoms with E-state index in [9.17, 15) is 4.79 Å². The summed E-state index contributed by atoms with van der Waals surface area (Å²) in [5, 5.41) is 3.62. The fraction of sp³-hybridized carbons (Fsp3) is 0.609. The van der Waals surface area contributed by atoms with Crippen molar-refractivity contribution in [3.63, 3.8) is 0 Å². The summed E-state index contributed by atoms with van der Waals surface area (Å²) in [4.78, 5) is 26.5. The van der Waals surface area contributed by atoms with E-state index in [1.165, 1.54) is 64.5 Å². The molecular weight excluding hydrogens is 362 g/mol. The van der Waals surface area contributed by atoms with Gasteiger partial charge in [0, 0.05) is 35.6 Å². The van der Waals surface area contributed by atoms with Crippen LogP contribution < -0.4 is 10.9 Å². The van der Waals surface area contributed by atoms with Gasteiger partial charge < -0.3 is 10.3 Å². The zero-order chi connectivity index (χ0) is 20.1. The Kier molecular flexibility index (Phi) is 6.28. The molecule has 0 unspecified atom stereocenters. The van der Waals surface area contributed by atoms with Crippen molar-refractivity contribution in [3.05, 3.63) is 40.4 Å². The largest absolute Gasteiger partial charge is 0.368 e. The second kappa shape index (κ2) is 9.08. The topological polar surface area (TPSA) is 73.9 Å². The Morgan fingerprint density at radius 3 is 2.55 bits per heavy atom. The molecule has 2 aromatic heterocycles. The van der Waals surface area contributed by atoms with Crippen LogP contribution in [0.25, 0.3) is 11.4 Å². The number of anilines is 1. The van der Waals surface area contributed by atoms with Gasteiger partial charge in [0.2, 0.25) is 0 Å². The van der Waals surface area contributed by atoms with Gasteiger partial charge in [0.05, 0.1) is 0 Å². The lowest BCUT2D eigenvalue weighted by molar-refractivity contribution is 0.0437. The number of nitrogens with one attached hydrogen (secondary N) is 2. The van der Waals surface area contributed by atoms with Crippen molar-refractivity contribution in [1.29, 1.82) is 0 Å². The maximum absolute atomic E-state index is 11.8. The lowest BCUT2D eigenvalue weighted by Crippen LogP contribution is -2.56. The molecule has 0 aromatic carbocycles. The molecule has 0 amide bonds. The van der Waals surface area contributed by atoms with Crippen LogP contribution in [0.15, 0.2) is 29.2 Å². The van der Waals surface area contributed by atoms with Gasteiger partial charge >= 0.3 is 0 Å². The third-order valence-electron chi connectivity index (χ3n) is 6.60. The summed E-state index contributed by atoms with van der Waals surface area (Å²) in [5.74, 6) is 1.48. The molecule has 6 nitrogen and oxygen atoms in total. The van der Waals surface area contributed by atoms with Crippen LogP contribution >= 0.6 is 0 Å². The Hall–Kier alpha value is -2.21. The highest BCUT2D eigenvalue weighted by molar-refractivity contribution is 5.55. The summed E-state index contributed by atoms with van der Waals surface area (Å²) in [5.41, 5.74) is 1.80. The molecule has 2 N–H and O–H groups in total. The van der Waals surface area contributed by atoms with Gasteiger partial charge in [-0.15, -0.1) is 0 Å². The van der Waals surface area contributed by atoms with Gasteiger partial charge in [0.25, 0.3) is 5.56 Å². The zero-order valence-electron chi connectivity index (χ0n) is 17.5. The average Bonchev–Trinajstić information content (AvgIpc) is 2.79. The van der Waals surface area contributed by atoms with E-state index in [0.29, 0.717) is 5.82 Å². The van der Waals surface area contributed by atoms with Crippen LogP contribution in [-0.4, -0.2) is 45.0 Å². The standard InChI is InChI=1S/C23H33N5O/c1-2-19-15-21(29)27-22(26-19)18-9-10-20(24-16-18)25-17-23(11-5-3-6-12-23)28-13-7-4-8-14-28/h9-10,15-16H,2-8,11-14,17H2,1H3,(H,24,25)(H,26,27,29). The normalized spacial score (nSPS) is 19.8. The third kappa shape index (κ3) is 4.69. The quantitative estimate of drug-likeness (QED) is 0.773. The van der Waals surface area contributed by atoms with Crippen molar-refractivity contribution in [2.75, 3.05) is 25.0 Å². The van der Waals surface area contributed by atoms with Crippen LogP contribution in [-0.2, 0) is 6.42 Å². The molecule has 0 atom stereocenters. The molecule has 4 rings (SSSR count). The summed E-state index contributed by atoms with van der Waals surface area (Å²) in [6, 6.07) is 5.54. The fourth-order valence-electron chi connectivity index (χ4n) is 4.90. The number of rotatable bonds is 6. The average molecular weight is 396 g/mol. The summed E-state index contributed by atoms with van der Waals surface area (Å²) in [6.45, 7) is 5.43. The Bertz CT molecular complexity index is 848. The number of aromatic amines is 1. The van der Waals surface area contributed by atoms with Crippen LogP contribution in [0.4, 0.5) is 5.82 Å². The molecule has 156 valence electrons. The smallest absolute Gasteiger partial charge is 0.251 e. The van der Waals surface area contributed by atoms with Gasteiger partial charge in [0.15, 0.2) is 0 Å². The van der Waals surface area contributed by atoms with E-state index in [1.54, 1.807) is 12.3 Å². The zero-order valence-corrected chi connectivity index (χ0v) is 17.5. The molecule has 0 spiro atoms. The van der Waals surface area contributed by atoms with Crippen molar-refractivity contribution in [3.8, 4) is 11.4 Å². The number of hydrogen-bond acceptors (Lipinski definition) is 5. The highest BCUT2D eigenvalue weighted by Gasteiger charge is 2.38. The lowest BCUT2D eigenvalue weighted by Gasteiger charge is -2.48. The maximum Gasteiger partial charge on any atom is 0.251 e. The minimum absolute atomic E-state index is 0.116. The molecule has 1 aliphatic heterocycles. The van der Waals surface area contributed by atoms with Crippen LogP contribution in [0.1, 0.15) is 64.0 Å². The molecule has 1 saturated heterocycles. The first-order valence-electron chi connectivity index (χ1n) is 11.2. The molecule has 6 heteroatoms. The summed E-state index contributed by atoms with van der Waals surface area (Å²) < 4.78 is 0. The second-order valence-corrected chi connectivity index (χ2v) is 8.56. The first-order valence-corrected chi connectivity index (χ1v) is 11.2. The first kappa shape index (κ1) is 20.1. The number of pyridine rings is 1. The van der Waals surface area contributed by atoms with E-state index in [1.807, 2.05) is 19.1 Å². The van der Waals surface area contributed by atoms with Crippen LogP contribution in [0, 0.1) is 0 Å². The molecule has 2 fully saturated rings. The number of nitrogens with zero attached hydrogens (tertiary/aromatic N) is 3. The Labute approximate surface area is 173 Å². The number of H-pyrrole nitrogens is 1. The fourth-order valence-corrected chi connectivity index (χ4v) is 4.90. The van der Waals surface area contributed by atoms with E-state index < -0.39 is 0 Å². The number of aromatic nitrogens is 3. The molecule has 1 aliphatic carbocycles. The molecule has 2 aliphatic rings. The van der Waals surface area contributed by atoms with E-state index in [-0.39, 0.29) is 11.1 Å². The molecule has 2 aromatic rings. The van der Waals surface area contributed by atoms with Crippen molar-refractivity contribution in [1.82, 2.24) is 19.9 Å². The lowest BCUT2D eigenvalue weighted by atomic mass is 9.79. The van der Waals surface area contributed by atoms with Gasteiger partial charge in [-0.1, -0.05) is 32.6 Å². The van der Waals surface area contributed by atoms with E-state index in [0.717, 1.165) is 30.0 Å². The predicted octanol–water partition coefficient (Wildman–Crippen LogP) is 4.00. The van der Waals surface area contributed by atoms with Gasteiger partial charge in [-0.3, -0.25) is 9.69 Å². The van der Waals surface area contributed by atoms with Crippen molar-refractivity contribution >= 4 is 5.82 Å². The summed E-state index contributed by atoms with van der Waals surface area (Å²) in [6.07, 6.45) is 13.2. The third-order valence-corrected chi connectivity index (χ3v) is 6.60. The molecule has 1 saturated carbocycles. The molecule has 0 radical (unpaired) electrons. The van der Waals surface area contributed by atoms with Crippen LogP contribution in [0.2, 0.25) is 0 Å². The monoisotopic (exact) mass is 395 g/mol. The summed E-state index contributed by atoms with van der Waals surface area (Å²) >= 11 is 0. The predicted molar refractivity (Wildman–Crippen MR) is 117 cm³/mol. The minimum atomic E-state index is -0.116. The van der Waals surface area contributed by atoms with E-state index >= 15 is 0 Å². The number of piperidine rings is 1. The maximum atomic E-state index is 11.8. The van der Waals surface area contributed by atoms with Crippen molar-refractivity contribution < 1.29 is 0 Å². The van der Waals surface area contributed by atoms with Crippen LogP contribution in [0.5, 0.6) is 0 Å². The number of hydrogen-bond donors (Lipinski definition) is 2. The van der Waals surface area contributed by atoms with Crippen molar-refractivity contribution in [2.24, 2.45) is 0 Å². The molecule has 3 heterocycles. The van der Waals surface area contributed by atoms with Gasteiger partial charge in [-0.25, -0.2) is 9.97 Å². The Morgan fingerprint density at radius 1 is 1.10 bits per heavy atom. The highest BCUT2D eigenvalue weighted by atomic mass is 16.1. The molecular formula is C23H33N5O. The van der Waals surface area contributed by atoms with Gasteiger partial charge in [-0.05, 0) is 57.3 Å². The van der Waals surface area contributed by atoms with E-state index in [4.69, 9.17) is 0 Å². The highest BCUT2D eigenvalue weighted by Crippen LogP contribution is 2.35. The molecule has 0 bridgehead atoms. The first-order chi connectivity index (χ1) is 14.2. The Balaban J connectivity index is 1.46. The second-order valence-electron chi connectivity index (χ2n) is 8.56. The SMILES string of the molecule is CCc1cc(=O)[nH]c(-c2ccc(NCC3(N4CCCCC4)CCCCC3)nc2)n1. The number of aryl methyl sites for hydroxylation is 1. The van der Waals surface area contributed by atoms with Crippen LogP contribution in [0.3, 0.4) is 0 Å². The van der Waals surface area contributed by atoms with Crippen molar-refractivity contribution in [2.45, 2.75) is 70.3 Å². The van der Waals surface area contributed by atoms with E-state index in [2.05, 4.69) is 25.2 Å². The summed E-state index contributed by atoms with van der Waals surface area (Å²) in [7, 11) is 0. The minimum Gasteiger partial charge on any atom is -0.368 e. The molecule has 29 heavy (non-hydrogen) atoms. The van der Waals surface area contributed by atoms with Gasteiger partial charge in [-0.2, -0.15) is 0 Å². The van der Waals surface area contributed by atoms with Gasteiger partial charge in [0.1, 0.15) is 11.6 Å². The number of likely N-dealkylation sites (tertiary alicyclic amines) is 1. The Morgan fingerprint density at radius 2 is 1.86 bits per heavy atom.